The van der Waals surface area contributed by atoms with E-state index in [1.165, 1.54) is 24.9 Å². The first-order valence-corrected chi connectivity index (χ1v) is 9.41. The number of piperidine rings is 1. The van der Waals surface area contributed by atoms with E-state index < -0.39 is 5.97 Å². The monoisotopic (exact) mass is 397 g/mol. The number of aliphatic carboxylic acids is 1. The Balaban J connectivity index is 0.00000225. The Kier molecular flexibility index (Phi) is 6.37. The SMILES string of the molecule is Cl.O=C(O)/C=C/c1ccc(Cc2nc3ccc(N4CCCCC4)cc3[nH]2)cc1. The Morgan fingerprint density at radius 1 is 1.11 bits per heavy atom. The maximum absolute atomic E-state index is 10.6. The van der Waals surface area contributed by atoms with Crippen LogP contribution in [0.4, 0.5) is 5.69 Å². The maximum Gasteiger partial charge on any atom is 0.328 e. The summed E-state index contributed by atoms with van der Waals surface area (Å²) in [4.78, 5) is 21.2. The average Bonchev–Trinajstić information content (AvgIpc) is 3.09. The molecule has 1 aliphatic heterocycles. The molecule has 1 aromatic heterocycles. The van der Waals surface area contributed by atoms with E-state index in [-0.39, 0.29) is 12.4 Å². The van der Waals surface area contributed by atoms with Gasteiger partial charge in [0.05, 0.1) is 11.0 Å². The second-order valence-corrected chi connectivity index (χ2v) is 7.02. The molecule has 6 heteroatoms. The molecule has 1 aliphatic rings. The van der Waals surface area contributed by atoms with Crippen LogP contribution in [0.25, 0.3) is 17.1 Å². The van der Waals surface area contributed by atoms with Gasteiger partial charge in [0.1, 0.15) is 5.82 Å². The van der Waals surface area contributed by atoms with Crippen molar-refractivity contribution >= 4 is 41.2 Å². The van der Waals surface area contributed by atoms with Crippen LogP contribution in [0.2, 0.25) is 0 Å². The summed E-state index contributed by atoms with van der Waals surface area (Å²) in [6.45, 7) is 2.27. The number of imidazole rings is 1. The molecule has 0 atom stereocenters. The van der Waals surface area contributed by atoms with Crippen molar-refractivity contribution in [1.82, 2.24) is 9.97 Å². The number of carboxylic acids is 1. The number of anilines is 1. The Bertz CT molecular complexity index is 973. The number of aromatic nitrogens is 2. The highest BCUT2D eigenvalue weighted by Gasteiger charge is 2.12. The number of halogens is 1. The van der Waals surface area contributed by atoms with Gasteiger partial charge in [-0.3, -0.25) is 0 Å². The highest BCUT2D eigenvalue weighted by molar-refractivity contribution is 5.85. The molecule has 0 spiro atoms. The number of hydrogen-bond donors (Lipinski definition) is 2. The second kappa shape index (κ2) is 8.93. The molecule has 1 fully saturated rings. The fourth-order valence-electron chi connectivity index (χ4n) is 3.59. The predicted molar refractivity (Wildman–Crippen MR) is 115 cm³/mol. The molecule has 0 saturated carbocycles. The van der Waals surface area contributed by atoms with E-state index in [2.05, 4.69) is 28.1 Å². The molecule has 4 rings (SSSR count). The van der Waals surface area contributed by atoms with Gasteiger partial charge in [-0.05, 0) is 54.7 Å². The van der Waals surface area contributed by atoms with Crippen LogP contribution < -0.4 is 4.90 Å². The van der Waals surface area contributed by atoms with Gasteiger partial charge in [-0.25, -0.2) is 9.78 Å². The zero-order valence-corrected chi connectivity index (χ0v) is 16.4. The van der Waals surface area contributed by atoms with Gasteiger partial charge in [0, 0.05) is 31.3 Å². The minimum absolute atomic E-state index is 0. The number of H-pyrrole nitrogens is 1. The first-order valence-electron chi connectivity index (χ1n) is 9.41. The fraction of sp³-hybridized carbons (Fsp3) is 0.273. The number of hydrogen-bond acceptors (Lipinski definition) is 3. The topological polar surface area (TPSA) is 69.2 Å². The van der Waals surface area contributed by atoms with Gasteiger partial charge in [-0.1, -0.05) is 24.3 Å². The minimum Gasteiger partial charge on any atom is -0.478 e. The Morgan fingerprint density at radius 3 is 2.57 bits per heavy atom. The minimum atomic E-state index is -0.940. The van der Waals surface area contributed by atoms with Crippen molar-refractivity contribution in [3.8, 4) is 0 Å². The van der Waals surface area contributed by atoms with E-state index >= 15 is 0 Å². The van der Waals surface area contributed by atoms with Gasteiger partial charge in [-0.2, -0.15) is 0 Å². The van der Waals surface area contributed by atoms with Crippen LogP contribution in [0, 0.1) is 0 Å². The van der Waals surface area contributed by atoms with Gasteiger partial charge in [-0.15, -0.1) is 12.4 Å². The van der Waals surface area contributed by atoms with E-state index in [1.807, 2.05) is 24.3 Å². The quantitative estimate of drug-likeness (QED) is 0.614. The summed E-state index contributed by atoms with van der Waals surface area (Å²) in [5.41, 5.74) is 5.35. The summed E-state index contributed by atoms with van der Waals surface area (Å²) in [5.74, 6) is -0.0000955. The third kappa shape index (κ3) is 4.73. The van der Waals surface area contributed by atoms with Crippen LogP contribution >= 0.6 is 12.4 Å². The van der Waals surface area contributed by atoms with Crippen LogP contribution in [0.5, 0.6) is 0 Å². The summed E-state index contributed by atoms with van der Waals surface area (Å²) in [5, 5.41) is 8.69. The second-order valence-electron chi connectivity index (χ2n) is 7.02. The molecular formula is C22H24ClN3O2. The molecule has 5 nitrogen and oxygen atoms in total. The summed E-state index contributed by atoms with van der Waals surface area (Å²) >= 11 is 0. The van der Waals surface area contributed by atoms with Gasteiger partial charge in [0.2, 0.25) is 0 Å². The molecule has 3 aromatic rings. The number of aromatic amines is 1. The smallest absolute Gasteiger partial charge is 0.328 e. The summed E-state index contributed by atoms with van der Waals surface area (Å²) in [6.07, 6.45) is 7.33. The van der Waals surface area contributed by atoms with Crippen LogP contribution in [0.3, 0.4) is 0 Å². The van der Waals surface area contributed by atoms with Crippen molar-refractivity contribution in [3.63, 3.8) is 0 Å². The third-order valence-corrected chi connectivity index (χ3v) is 5.01. The van der Waals surface area contributed by atoms with E-state index in [9.17, 15) is 4.79 Å². The van der Waals surface area contributed by atoms with Crippen molar-refractivity contribution in [2.24, 2.45) is 0 Å². The van der Waals surface area contributed by atoms with Crippen LogP contribution in [0.1, 0.15) is 36.2 Å². The normalized spacial score (nSPS) is 14.4. The fourth-order valence-corrected chi connectivity index (χ4v) is 3.59. The molecule has 146 valence electrons. The largest absolute Gasteiger partial charge is 0.478 e. The van der Waals surface area contributed by atoms with E-state index in [1.54, 1.807) is 6.08 Å². The molecule has 2 heterocycles. The van der Waals surface area contributed by atoms with Crippen molar-refractivity contribution in [1.29, 1.82) is 0 Å². The predicted octanol–water partition coefficient (Wildman–Crippen LogP) is 4.66. The lowest BCUT2D eigenvalue weighted by atomic mass is 10.1. The molecule has 0 radical (unpaired) electrons. The van der Waals surface area contributed by atoms with Crippen molar-refractivity contribution in [2.45, 2.75) is 25.7 Å². The highest BCUT2D eigenvalue weighted by Crippen LogP contribution is 2.24. The summed E-state index contributed by atoms with van der Waals surface area (Å²) < 4.78 is 0. The molecule has 28 heavy (non-hydrogen) atoms. The molecule has 0 bridgehead atoms. The van der Waals surface area contributed by atoms with Crippen LogP contribution in [-0.2, 0) is 11.2 Å². The lowest BCUT2D eigenvalue weighted by molar-refractivity contribution is -0.131. The third-order valence-electron chi connectivity index (χ3n) is 5.01. The zero-order chi connectivity index (χ0) is 18.6. The lowest BCUT2D eigenvalue weighted by Crippen LogP contribution is -2.29. The Labute approximate surface area is 170 Å². The number of nitrogens with one attached hydrogen (secondary N) is 1. The van der Waals surface area contributed by atoms with E-state index in [0.717, 1.165) is 53.6 Å². The van der Waals surface area contributed by atoms with Gasteiger partial charge >= 0.3 is 5.97 Å². The summed E-state index contributed by atoms with van der Waals surface area (Å²) in [7, 11) is 0. The number of fused-ring (bicyclic) bond motifs is 1. The average molecular weight is 398 g/mol. The molecule has 0 amide bonds. The van der Waals surface area contributed by atoms with Gasteiger partial charge < -0.3 is 15.0 Å². The lowest BCUT2D eigenvalue weighted by Gasteiger charge is -2.28. The van der Waals surface area contributed by atoms with Gasteiger partial charge in [0.15, 0.2) is 0 Å². The van der Waals surface area contributed by atoms with Crippen molar-refractivity contribution in [2.75, 3.05) is 18.0 Å². The number of nitrogens with zero attached hydrogens (tertiary/aromatic N) is 2. The van der Waals surface area contributed by atoms with Crippen LogP contribution in [0.15, 0.2) is 48.5 Å². The maximum atomic E-state index is 10.6. The molecular weight excluding hydrogens is 374 g/mol. The number of rotatable bonds is 5. The number of carbonyl (C=O) groups is 1. The zero-order valence-electron chi connectivity index (χ0n) is 15.6. The number of benzene rings is 2. The molecule has 0 aliphatic carbocycles. The molecule has 2 N–H and O–H groups in total. The summed E-state index contributed by atoms with van der Waals surface area (Å²) in [6, 6.07) is 14.3. The first kappa shape index (κ1) is 20.0. The first-order chi connectivity index (χ1) is 13.2. The Morgan fingerprint density at radius 2 is 1.86 bits per heavy atom. The van der Waals surface area contributed by atoms with Crippen molar-refractivity contribution < 1.29 is 9.90 Å². The Hall–Kier alpha value is -2.79. The number of carboxylic acid groups (broad SMARTS) is 1. The molecule has 2 aromatic carbocycles. The van der Waals surface area contributed by atoms with Crippen molar-refractivity contribution in [3.05, 3.63) is 65.5 Å². The highest BCUT2D eigenvalue weighted by atomic mass is 35.5. The van der Waals surface area contributed by atoms with Crippen LogP contribution in [-0.4, -0.2) is 34.1 Å². The molecule has 0 unspecified atom stereocenters. The standard InChI is InChI=1S/C22H23N3O2.ClH/c26-22(27)11-8-16-4-6-17(7-5-16)14-21-23-19-10-9-18(15-20(19)24-21)25-12-2-1-3-13-25;/h4-11,15H,1-3,12-14H2,(H,23,24)(H,26,27);1H/b11-8+;. The van der Waals surface area contributed by atoms with E-state index in [0.29, 0.717) is 0 Å². The van der Waals surface area contributed by atoms with Gasteiger partial charge in [0.25, 0.3) is 0 Å². The molecule has 1 saturated heterocycles. The van der Waals surface area contributed by atoms with E-state index in [4.69, 9.17) is 10.1 Å².